The van der Waals surface area contributed by atoms with E-state index >= 15 is 0 Å². The zero-order chi connectivity index (χ0) is 16.9. The average molecular weight is 320 g/mol. The Morgan fingerprint density at radius 2 is 2.04 bits per heavy atom. The number of rotatable bonds is 5. The number of hydrogen-bond acceptors (Lipinski definition) is 3. The molecule has 0 fully saturated rings. The number of benzene rings is 2. The Morgan fingerprint density at radius 1 is 1.21 bits per heavy atom. The van der Waals surface area contributed by atoms with Crippen LogP contribution < -0.4 is 10.7 Å². The molecule has 1 aromatic heterocycles. The molecule has 0 unspecified atom stereocenters. The summed E-state index contributed by atoms with van der Waals surface area (Å²) in [6.07, 6.45) is 3.52. The highest BCUT2D eigenvalue weighted by Gasteiger charge is 2.11. The van der Waals surface area contributed by atoms with Gasteiger partial charge < -0.3 is 10.3 Å². The fourth-order valence-electron chi connectivity index (χ4n) is 2.51. The summed E-state index contributed by atoms with van der Waals surface area (Å²) in [4.78, 5) is 15.3. The van der Waals surface area contributed by atoms with Gasteiger partial charge in [0.05, 0.1) is 6.21 Å². The van der Waals surface area contributed by atoms with Gasteiger partial charge in [-0.1, -0.05) is 30.3 Å². The largest absolute Gasteiger partial charge is 0.374 e. The maximum Gasteiger partial charge on any atom is 0.262 e. The normalized spacial score (nSPS) is 12.4. The van der Waals surface area contributed by atoms with Crippen LogP contribution in [0.5, 0.6) is 0 Å². The first-order chi connectivity index (χ1) is 11.6. The van der Waals surface area contributed by atoms with Crippen molar-refractivity contribution in [3.63, 3.8) is 0 Å². The average Bonchev–Trinajstić information content (AvgIpc) is 2.98. The van der Waals surface area contributed by atoms with Gasteiger partial charge in [-0.2, -0.15) is 5.10 Å². The molecule has 24 heavy (non-hydrogen) atoms. The summed E-state index contributed by atoms with van der Waals surface area (Å²) < 4.78 is 0. The third-order valence-electron chi connectivity index (χ3n) is 3.79. The highest BCUT2D eigenvalue weighted by atomic mass is 16.2. The van der Waals surface area contributed by atoms with Gasteiger partial charge in [-0.25, -0.2) is 5.43 Å². The van der Waals surface area contributed by atoms with Crippen molar-refractivity contribution < 1.29 is 4.79 Å². The Labute approximate surface area is 140 Å². The van der Waals surface area contributed by atoms with Crippen molar-refractivity contribution in [3.05, 3.63) is 65.9 Å². The number of nitrogens with one attached hydrogen (secondary N) is 3. The minimum atomic E-state index is -0.382. The first-order valence-electron chi connectivity index (χ1n) is 7.86. The van der Waals surface area contributed by atoms with Crippen LogP contribution in [-0.2, 0) is 4.79 Å². The van der Waals surface area contributed by atoms with Crippen LogP contribution in [0.15, 0.2) is 59.8 Å². The van der Waals surface area contributed by atoms with E-state index in [2.05, 4.69) is 20.8 Å². The van der Waals surface area contributed by atoms with Gasteiger partial charge in [0.25, 0.3) is 5.91 Å². The summed E-state index contributed by atoms with van der Waals surface area (Å²) in [5.74, 6) is -0.187. The van der Waals surface area contributed by atoms with E-state index in [1.54, 1.807) is 13.1 Å². The number of aryl methyl sites for hydroxylation is 1. The number of nitrogens with zero attached hydrogens (tertiary/aromatic N) is 1. The molecule has 0 bridgehead atoms. The molecule has 1 atom stereocenters. The molecule has 0 spiro atoms. The lowest BCUT2D eigenvalue weighted by Crippen LogP contribution is -2.34. The molecule has 0 aliphatic heterocycles. The number of carbonyl (C=O) groups is 1. The highest BCUT2D eigenvalue weighted by molar-refractivity contribution is 5.99. The van der Waals surface area contributed by atoms with Crippen molar-refractivity contribution in [1.82, 2.24) is 10.4 Å². The first kappa shape index (κ1) is 15.8. The number of anilines is 1. The lowest BCUT2D eigenvalue weighted by molar-refractivity contribution is -0.121. The van der Waals surface area contributed by atoms with E-state index in [0.717, 1.165) is 27.7 Å². The quantitative estimate of drug-likeness (QED) is 0.498. The van der Waals surface area contributed by atoms with Crippen LogP contribution in [0, 0.1) is 6.92 Å². The lowest BCUT2D eigenvalue weighted by Gasteiger charge is -2.13. The predicted molar refractivity (Wildman–Crippen MR) is 98.3 cm³/mol. The number of carbonyl (C=O) groups excluding carboxylic acids is 1. The Morgan fingerprint density at radius 3 is 2.88 bits per heavy atom. The first-order valence-corrected chi connectivity index (χ1v) is 7.86. The van der Waals surface area contributed by atoms with Crippen molar-refractivity contribution in [2.75, 3.05) is 5.32 Å². The molecule has 1 amide bonds. The summed E-state index contributed by atoms with van der Waals surface area (Å²) in [7, 11) is 0. The molecule has 2 aromatic carbocycles. The van der Waals surface area contributed by atoms with Crippen molar-refractivity contribution in [2.24, 2.45) is 5.10 Å². The maximum atomic E-state index is 12.1. The topological polar surface area (TPSA) is 69.3 Å². The SMILES string of the molecule is Cc1cccc(N[C@@H](C)C(=O)N/N=C\c2c[nH]c3ccccc23)c1. The molecule has 0 saturated heterocycles. The van der Waals surface area contributed by atoms with Gasteiger partial charge in [0, 0.05) is 28.4 Å². The lowest BCUT2D eigenvalue weighted by atomic mass is 10.2. The summed E-state index contributed by atoms with van der Waals surface area (Å²) in [6, 6.07) is 15.5. The number of aromatic nitrogens is 1. The fourth-order valence-corrected chi connectivity index (χ4v) is 2.51. The summed E-state index contributed by atoms with van der Waals surface area (Å²) >= 11 is 0. The second kappa shape index (κ2) is 7.00. The molecular weight excluding hydrogens is 300 g/mol. The number of amides is 1. The van der Waals surface area contributed by atoms with E-state index in [4.69, 9.17) is 0 Å². The van der Waals surface area contributed by atoms with Gasteiger partial charge in [0.1, 0.15) is 6.04 Å². The van der Waals surface area contributed by atoms with Crippen LogP contribution in [0.25, 0.3) is 10.9 Å². The Kier molecular flexibility index (Phi) is 4.61. The Bertz CT molecular complexity index is 882. The van der Waals surface area contributed by atoms with E-state index < -0.39 is 0 Å². The second-order valence-electron chi connectivity index (χ2n) is 5.76. The van der Waals surface area contributed by atoms with Gasteiger partial charge in [-0.3, -0.25) is 4.79 Å². The minimum Gasteiger partial charge on any atom is -0.374 e. The zero-order valence-electron chi connectivity index (χ0n) is 13.7. The van der Waals surface area contributed by atoms with Crippen molar-refractivity contribution in [1.29, 1.82) is 0 Å². The van der Waals surface area contributed by atoms with Gasteiger partial charge >= 0.3 is 0 Å². The van der Waals surface area contributed by atoms with E-state index in [0.29, 0.717) is 0 Å². The van der Waals surface area contributed by atoms with Gasteiger partial charge in [0.15, 0.2) is 0 Å². The van der Waals surface area contributed by atoms with E-state index in [1.807, 2.05) is 61.7 Å². The van der Waals surface area contributed by atoms with Crippen LogP contribution in [0.2, 0.25) is 0 Å². The number of H-pyrrole nitrogens is 1. The molecule has 1 heterocycles. The smallest absolute Gasteiger partial charge is 0.262 e. The van der Waals surface area contributed by atoms with Gasteiger partial charge in [-0.05, 0) is 37.6 Å². The van der Waals surface area contributed by atoms with Crippen molar-refractivity contribution in [3.8, 4) is 0 Å². The van der Waals surface area contributed by atoms with Gasteiger partial charge in [-0.15, -0.1) is 0 Å². The molecular formula is C19H20N4O. The second-order valence-corrected chi connectivity index (χ2v) is 5.76. The van der Waals surface area contributed by atoms with Crippen molar-refractivity contribution in [2.45, 2.75) is 19.9 Å². The number of para-hydroxylation sites is 1. The molecule has 0 saturated carbocycles. The van der Waals surface area contributed by atoms with Crippen LogP contribution in [0.1, 0.15) is 18.1 Å². The molecule has 122 valence electrons. The number of aromatic amines is 1. The third-order valence-corrected chi connectivity index (χ3v) is 3.79. The van der Waals surface area contributed by atoms with Crippen LogP contribution in [0.3, 0.4) is 0 Å². The monoisotopic (exact) mass is 320 g/mol. The molecule has 3 N–H and O–H groups in total. The van der Waals surface area contributed by atoms with Gasteiger partial charge in [0.2, 0.25) is 0 Å². The van der Waals surface area contributed by atoms with Crippen LogP contribution >= 0.6 is 0 Å². The number of fused-ring (bicyclic) bond motifs is 1. The molecule has 0 radical (unpaired) electrons. The highest BCUT2D eigenvalue weighted by Crippen LogP contribution is 2.15. The predicted octanol–water partition coefficient (Wildman–Crippen LogP) is 3.43. The minimum absolute atomic E-state index is 0.187. The zero-order valence-corrected chi connectivity index (χ0v) is 13.7. The maximum absolute atomic E-state index is 12.1. The van der Waals surface area contributed by atoms with Crippen molar-refractivity contribution >= 4 is 28.7 Å². The van der Waals surface area contributed by atoms with Crippen LogP contribution in [0.4, 0.5) is 5.69 Å². The molecule has 5 nitrogen and oxygen atoms in total. The Hall–Kier alpha value is -3.08. The van der Waals surface area contributed by atoms with E-state index in [9.17, 15) is 4.79 Å². The summed E-state index contributed by atoms with van der Waals surface area (Å²) in [5, 5.41) is 8.29. The van der Waals surface area contributed by atoms with Crippen LogP contribution in [-0.4, -0.2) is 23.1 Å². The molecule has 3 aromatic rings. The number of hydrogen-bond donors (Lipinski definition) is 3. The molecule has 0 aliphatic carbocycles. The van der Waals surface area contributed by atoms with E-state index in [1.165, 1.54) is 0 Å². The Balaban J connectivity index is 1.60. The fraction of sp³-hybridized carbons (Fsp3) is 0.158. The third kappa shape index (κ3) is 3.63. The van der Waals surface area contributed by atoms with E-state index in [-0.39, 0.29) is 11.9 Å². The molecule has 5 heteroatoms. The summed E-state index contributed by atoms with van der Waals surface area (Å²) in [6.45, 7) is 3.82. The number of hydrazone groups is 1. The summed E-state index contributed by atoms with van der Waals surface area (Å²) in [5.41, 5.74) is 6.61. The molecule has 3 rings (SSSR count). The standard InChI is InChI=1S/C19H20N4O/c1-13-6-5-7-16(10-13)22-14(2)19(24)23-21-12-15-11-20-18-9-4-3-8-17(15)18/h3-12,14,20,22H,1-2H3,(H,23,24)/b21-12-/t14-/m0/s1. The molecule has 0 aliphatic rings.